The van der Waals surface area contributed by atoms with E-state index in [4.69, 9.17) is 5.10 Å². The van der Waals surface area contributed by atoms with Crippen molar-refractivity contribution in [3.8, 4) is 0 Å². The second kappa shape index (κ2) is 6.80. The fourth-order valence-corrected chi connectivity index (χ4v) is 3.24. The molecule has 5 nitrogen and oxygen atoms in total. The minimum Gasteiger partial charge on any atom is -0.258 e. The van der Waals surface area contributed by atoms with Gasteiger partial charge in [-0.15, -0.1) is 0 Å². The van der Waals surface area contributed by atoms with E-state index in [1.54, 1.807) is 12.1 Å². The van der Waals surface area contributed by atoms with Crippen molar-refractivity contribution >= 4 is 17.1 Å². The van der Waals surface area contributed by atoms with E-state index in [-0.39, 0.29) is 16.7 Å². The minimum absolute atomic E-state index is 0.0628. The zero-order valence-electron chi connectivity index (χ0n) is 14.0. The second-order valence-electron chi connectivity index (χ2n) is 6.16. The summed E-state index contributed by atoms with van der Waals surface area (Å²) in [4.78, 5) is 10.7. The van der Waals surface area contributed by atoms with Crippen LogP contribution in [0.4, 0.5) is 11.4 Å². The molecule has 3 aromatic rings. The van der Waals surface area contributed by atoms with Crippen molar-refractivity contribution in [3.05, 3.63) is 106 Å². The molecule has 0 saturated heterocycles. The van der Waals surface area contributed by atoms with Crippen LogP contribution < -0.4 is 5.01 Å². The Labute approximate surface area is 151 Å². The molecule has 128 valence electrons. The molecule has 0 N–H and O–H groups in total. The van der Waals surface area contributed by atoms with Gasteiger partial charge < -0.3 is 0 Å². The fraction of sp³-hybridized carbons (Fsp3) is 0.0952. The SMILES string of the molecule is O=[N+]([O-])c1cccc(C2=NN(c3ccccc3)[C@H](c3ccccc3)C2)c1. The summed E-state index contributed by atoms with van der Waals surface area (Å²) >= 11 is 0. The van der Waals surface area contributed by atoms with E-state index in [0.717, 1.165) is 17.0 Å². The molecule has 4 rings (SSSR count). The van der Waals surface area contributed by atoms with Crippen LogP contribution in [0.25, 0.3) is 0 Å². The van der Waals surface area contributed by atoms with Crippen LogP contribution in [0.5, 0.6) is 0 Å². The van der Waals surface area contributed by atoms with E-state index in [1.807, 2.05) is 59.6 Å². The summed E-state index contributed by atoms with van der Waals surface area (Å²) in [5.74, 6) is 0. The quantitative estimate of drug-likeness (QED) is 0.497. The number of hydrazone groups is 1. The van der Waals surface area contributed by atoms with E-state index in [2.05, 4.69) is 12.1 Å². The lowest BCUT2D eigenvalue weighted by molar-refractivity contribution is -0.384. The number of rotatable bonds is 4. The van der Waals surface area contributed by atoms with Gasteiger partial charge in [0.15, 0.2) is 0 Å². The van der Waals surface area contributed by atoms with Crippen molar-refractivity contribution < 1.29 is 4.92 Å². The summed E-state index contributed by atoms with van der Waals surface area (Å²) in [6.07, 6.45) is 0.695. The Morgan fingerprint density at radius 1 is 0.923 bits per heavy atom. The van der Waals surface area contributed by atoms with Crippen LogP contribution in [0, 0.1) is 10.1 Å². The molecule has 1 aliphatic heterocycles. The van der Waals surface area contributed by atoms with Gasteiger partial charge in [-0.05, 0) is 17.7 Å². The number of hydrogen-bond acceptors (Lipinski definition) is 4. The van der Waals surface area contributed by atoms with Crippen molar-refractivity contribution in [1.29, 1.82) is 0 Å². The zero-order valence-corrected chi connectivity index (χ0v) is 14.0. The highest BCUT2D eigenvalue weighted by molar-refractivity contribution is 6.03. The first-order valence-electron chi connectivity index (χ1n) is 8.44. The minimum atomic E-state index is -0.372. The fourth-order valence-electron chi connectivity index (χ4n) is 3.24. The molecule has 0 aromatic heterocycles. The van der Waals surface area contributed by atoms with Crippen LogP contribution in [0.3, 0.4) is 0 Å². The Morgan fingerprint density at radius 3 is 2.31 bits per heavy atom. The van der Waals surface area contributed by atoms with Gasteiger partial charge in [-0.3, -0.25) is 15.1 Å². The third-order valence-corrected chi connectivity index (χ3v) is 4.51. The van der Waals surface area contributed by atoms with Crippen LogP contribution in [-0.4, -0.2) is 10.6 Å². The average molecular weight is 343 g/mol. The first kappa shape index (κ1) is 16.0. The van der Waals surface area contributed by atoms with Crippen LogP contribution >= 0.6 is 0 Å². The Hall–Kier alpha value is -3.47. The molecule has 5 heteroatoms. The van der Waals surface area contributed by atoms with Gasteiger partial charge in [0.25, 0.3) is 5.69 Å². The van der Waals surface area contributed by atoms with Crippen LogP contribution in [0.15, 0.2) is 90.0 Å². The molecule has 0 unspecified atom stereocenters. The molecule has 0 aliphatic carbocycles. The number of nitro benzene ring substituents is 1. The summed E-state index contributed by atoms with van der Waals surface area (Å²) in [6.45, 7) is 0. The molecule has 0 saturated carbocycles. The van der Waals surface area contributed by atoms with Gasteiger partial charge in [0.1, 0.15) is 0 Å². The molecule has 1 aliphatic rings. The van der Waals surface area contributed by atoms with Gasteiger partial charge in [0, 0.05) is 24.1 Å². The summed E-state index contributed by atoms with van der Waals surface area (Å²) in [5.41, 5.74) is 3.90. The normalized spacial score (nSPS) is 16.4. The summed E-state index contributed by atoms with van der Waals surface area (Å²) in [6, 6.07) is 26.9. The molecular weight excluding hydrogens is 326 g/mol. The second-order valence-corrected chi connectivity index (χ2v) is 6.16. The molecule has 1 heterocycles. The molecule has 26 heavy (non-hydrogen) atoms. The Balaban J connectivity index is 1.75. The molecule has 0 bridgehead atoms. The lowest BCUT2D eigenvalue weighted by Gasteiger charge is -2.23. The number of nitrogens with zero attached hydrogens (tertiary/aromatic N) is 3. The first-order chi connectivity index (χ1) is 12.7. The topological polar surface area (TPSA) is 58.7 Å². The van der Waals surface area contributed by atoms with Crippen molar-refractivity contribution in [2.75, 3.05) is 5.01 Å². The van der Waals surface area contributed by atoms with E-state index < -0.39 is 0 Å². The van der Waals surface area contributed by atoms with Gasteiger partial charge in [-0.25, -0.2) is 0 Å². The third-order valence-electron chi connectivity index (χ3n) is 4.51. The van der Waals surface area contributed by atoms with Crippen molar-refractivity contribution in [2.24, 2.45) is 5.10 Å². The highest BCUT2D eigenvalue weighted by atomic mass is 16.6. The van der Waals surface area contributed by atoms with E-state index in [1.165, 1.54) is 11.6 Å². The predicted octanol–water partition coefficient (Wildman–Crippen LogP) is 4.95. The molecular formula is C21H17N3O2. The smallest absolute Gasteiger partial charge is 0.258 e. The summed E-state index contributed by atoms with van der Waals surface area (Å²) in [5, 5.41) is 17.9. The molecule has 0 radical (unpaired) electrons. The van der Waals surface area contributed by atoms with Crippen LogP contribution in [0.1, 0.15) is 23.6 Å². The Bertz CT molecular complexity index is 955. The van der Waals surface area contributed by atoms with E-state index in [0.29, 0.717) is 6.42 Å². The third kappa shape index (κ3) is 3.07. The highest BCUT2D eigenvalue weighted by Gasteiger charge is 2.30. The van der Waals surface area contributed by atoms with E-state index >= 15 is 0 Å². The number of nitro groups is 1. The summed E-state index contributed by atoms with van der Waals surface area (Å²) in [7, 11) is 0. The molecule has 0 amide bonds. The van der Waals surface area contributed by atoms with Crippen LogP contribution in [-0.2, 0) is 0 Å². The first-order valence-corrected chi connectivity index (χ1v) is 8.44. The van der Waals surface area contributed by atoms with Crippen molar-refractivity contribution in [3.63, 3.8) is 0 Å². The maximum Gasteiger partial charge on any atom is 0.270 e. The standard InChI is InChI=1S/C21H17N3O2/c25-24(26)19-13-7-10-17(14-19)20-15-21(16-8-3-1-4-9-16)23(22-20)18-11-5-2-6-12-18/h1-14,21H,15H2/t21-/m0/s1. The monoisotopic (exact) mass is 343 g/mol. The predicted molar refractivity (Wildman–Crippen MR) is 102 cm³/mol. The molecule has 0 spiro atoms. The van der Waals surface area contributed by atoms with Crippen molar-refractivity contribution in [2.45, 2.75) is 12.5 Å². The number of non-ortho nitro benzene ring substituents is 1. The highest BCUT2D eigenvalue weighted by Crippen LogP contribution is 2.36. The molecule has 3 aromatic carbocycles. The Kier molecular flexibility index (Phi) is 4.19. The zero-order chi connectivity index (χ0) is 17.9. The van der Waals surface area contributed by atoms with Gasteiger partial charge in [-0.1, -0.05) is 60.7 Å². The van der Waals surface area contributed by atoms with Gasteiger partial charge in [0.05, 0.1) is 22.4 Å². The number of anilines is 1. The molecule has 1 atom stereocenters. The lowest BCUT2D eigenvalue weighted by atomic mass is 9.98. The van der Waals surface area contributed by atoms with E-state index in [9.17, 15) is 10.1 Å². The van der Waals surface area contributed by atoms with Crippen molar-refractivity contribution in [1.82, 2.24) is 0 Å². The number of para-hydroxylation sites is 1. The number of hydrogen-bond donors (Lipinski definition) is 0. The molecule has 0 fully saturated rings. The van der Waals surface area contributed by atoms with Crippen LogP contribution in [0.2, 0.25) is 0 Å². The largest absolute Gasteiger partial charge is 0.270 e. The van der Waals surface area contributed by atoms with Gasteiger partial charge in [0.2, 0.25) is 0 Å². The summed E-state index contributed by atoms with van der Waals surface area (Å²) < 4.78 is 0. The maximum absolute atomic E-state index is 11.1. The Morgan fingerprint density at radius 2 is 1.62 bits per heavy atom. The number of benzene rings is 3. The van der Waals surface area contributed by atoms with Gasteiger partial charge in [-0.2, -0.15) is 5.10 Å². The average Bonchev–Trinajstić information content (AvgIpc) is 3.15. The lowest BCUT2D eigenvalue weighted by Crippen LogP contribution is -2.18. The maximum atomic E-state index is 11.1. The van der Waals surface area contributed by atoms with Gasteiger partial charge >= 0.3 is 0 Å².